The van der Waals surface area contributed by atoms with Gasteiger partial charge in [0, 0.05) is 6.54 Å². The van der Waals surface area contributed by atoms with Gasteiger partial charge in [0.05, 0.1) is 15.6 Å². The molecule has 6 nitrogen and oxygen atoms in total. The summed E-state index contributed by atoms with van der Waals surface area (Å²) < 4.78 is 1.79. The molecule has 0 aromatic heterocycles. The van der Waals surface area contributed by atoms with Gasteiger partial charge in [0.1, 0.15) is 11.4 Å². The third-order valence-corrected chi connectivity index (χ3v) is 6.23. The van der Waals surface area contributed by atoms with Crippen LogP contribution in [0, 0.1) is 0 Å². The number of hydrogen-bond donors (Lipinski definition) is 3. The Hall–Kier alpha value is -2.48. The number of benzene rings is 2. The maximum absolute atomic E-state index is 12.0. The van der Waals surface area contributed by atoms with Crippen LogP contribution in [0.3, 0.4) is 0 Å². The zero-order valence-electron chi connectivity index (χ0n) is 17.6. The normalized spacial score (nSPS) is 12.8. The van der Waals surface area contributed by atoms with Crippen molar-refractivity contribution in [2.24, 2.45) is 0 Å². The first kappa shape index (κ1) is 23.2. The quantitative estimate of drug-likeness (QED) is 0.257. The summed E-state index contributed by atoms with van der Waals surface area (Å²) in [6, 6.07) is 12.7. The molecule has 3 aromatic carbocycles. The smallest absolute Gasteiger partial charge is 0.253 e. The standard InChI is InChI=1S/C19H18ClN3O3S.C4H8/c1-23(2)27-19-12(20)8-9-13(16(19)24)22-15-14(17(25)18(15)26)21-10-11-6-4-3-5-7-11;1-2-4-3-1/h3-9,21-22,24H,10H2,1-2H3;1-4H2. The van der Waals surface area contributed by atoms with Crippen molar-refractivity contribution >= 4 is 40.6 Å². The lowest BCUT2D eigenvalue weighted by Crippen LogP contribution is -2.36. The van der Waals surface area contributed by atoms with Gasteiger partial charge in [0.25, 0.3) is 10.9 Å². The Morgan fingerprint density at radius 1 is 0.968 bits per heavy atom. The second-order valence-electron chi connectivity index (χ2n) is 7.46. The van der Waals surface area contributed by atoms with Gasteiger partial charge in [0.15, 0.2) is 5.75 Å². The number of hydrogen-bond acceptors (Lipinski definition) is 7. The van der Waals surface area contributed by atoms with Crippen molar-refractivity contribution < 1.29 is 5.11 Å². The fourth-order valence-electron chi connectivity index (χ4n) is 2.77. The van der Waals surface area contributed by atoms with E-state index in [0.29, 0.717) is 22.2 Å². The molecule has 8 heteroatoms. The summed E-state index contributed by atoms with van der Waals surface area (Å²) in [5, 5.41) is 16.7. The molecule has 1 aliphatic rings. The first-order valence-electron chi connectivity index (χ1n) is 10.1. The van der Waals surface area contributed by atoms with Crippen molar-refractivity contribution in [3.8, 4) is 5.75 Å². The second-order valence-corrected chi connectivity index (χ2v) is 9.19. The monoisotopic (exact) mass is 459 g/mol. The minimum Gasteiger partial charge on any atom is -0.505 e. The van der Waals surface area contributed by atoms with E-state index in [-0.39, 0.29) is 17.1 Å². The molecule has 1 fully saturated rings. The van der Waals surface area contributed by atoms with Gasteiger partial charge < -0.3 is 15.7 Å². The number of rotatable bonds is 7. The van der Waals surface area contributed by atoms with E-state index in [1.165, 1.54) is 37.6 Å². The molecular weight excluding hydrogens is 434 g/mol. The van der Waals surface area contributed by atoms with Gasteiger partial charge in [-0.3, -0.25) is 13.9 Å². The molecule has 0 heterocycles. The summed E-state index contributed by atoms with van der Waals surface area (Å²) in [7, 11) is 3.64. The van der Waals surface area contributed by atoms with Crippen molar-refractivity contribution in [3.05, 3.63) is 73.5 Å². The lowest BCUT2D eigenvalue weighted by Gasteiger charge is -2.18. The topological polar surface area (TPSA) is 81.7 Å². The summed E-state index contributed by atoms with van der Waals surface area (Å²) in [4.78, 5) is 24.4. The average molecular weight is 460 g/mol. The van der Waals surface area contributed by atoms with Gasteiger partial charge in [-0.25, -0.2) is 0 Å². The number of anilines is 3. The second kappa shape index (κ2) is 10.7. The number of nitrogens with zero attached hydrogens (tertiary/aromatic N) is 1. The highest BCUT2D eigenvalue weighted by molar-refractivity contribution is 7.97. The predicted molar refractivity (Wildman–Crippen MR) is 130 cm³/mol. The highest BCUT2D eigenvalue weighted by Gasteiger charge is 2.23. The highest BCUT2D eigenvalue weighted by Crippen LogP contribution is 2.42. The third-order valence-electron chi connectivity index (χ3n) is 4.84. The Kier molecular flexibility index (Phi) is 8.01. The van der Waals surface area contributed by atoms with Crippen LogP contribution in [0.2, 0.25) is 5.02 Å². The van der Waals surface area contributed by atoms with Crippen LogP contribution in [0.15, 0.2) is 56.9 Å². The van der Waals surface area contributed by atoms with Gasteiger partial charge in [-0.2, -0.15) is 0 Å². The van der Waals surface area contributed by atoms with Crippen LogP contribution in [0.25, 0.3) is 0 Å². The Bertz CT molecular complexity index is 1090. The predicted octanol–water partition coefficient (Wildman–Crippen LogP) is 5.13. The van der Waals surface area contributed by atoms with Gasteiger partial charge >= 0.3 is 0 Å². The summed E-state index contributed by atoms with van der Waals surface area (Å²) in [6.45, 7) is 0.411. The van der Waals surface area contributed by atoms with Crippen LogP contribution >= 0.6 is 23.5 Å². The van der Waals surface area contributed by atoms with E-state index in [2.05, 4.69) is 10.6 Å². The lowest BCUT2D eigenvalue weighted by atomic mass is 10.0. The molecule has 0 spiro atoms. The van der Waals surface area contributed by atoms with Crippen molar-refractivity contribution in [3.63, 3.8) is 0 Å². The van der Waals surface area contributed by atoms with E-state index in [1.807, 2.05) is 44.4 Å². The van der Waals surface area contributed by atoms with Gasteiger partial charge in [-0.1, -0.05) is 67.6 Å². The molecule has 0 saturated heterocycles. The minimum atomic E-state index is -0.623. The lowest BCUT2D eigenvalue weighted by molar-refractivity contribution is 0.464. The molecule has 1 saturated carbocycles. The highest BCUT2D eigenvalue weighted by atomic mass is 35.5. The molecule has 0 amide bonds. The number of phenolic OH excluding ortho intramolecular Hbond substituents is 1. The first-order chi connectivity index (χ1) is 14.9. The number of nitrogens with one attached hydrogen (secondary N) is 2. The Labute approximate surface area is 191 Å². The molecule has 0 radical (unpaired) electrons. The van der Waals surface area contributed by atoms with E-state index in [1.54, 1.807) is 16.4 Å². The molecule has 3 aromatic rings. The Balaban J connectivity index is 0.000000610. The summed E-state index contributed by atoms with van der Waals surface area (Å²) in [5.74, 6) is -0.0803. The van der Waals surface area contributed by atoms with Gasteiger partial charge in [-0.15, -0.1) is 0 Å². The Morgan fingerprint density at radius 2 is 1.58 bits per heavy atom. The van der Waals surface area contributed by atoms with E-state index >= 15 is 0 Å². The largest absolute Gasteiger partial charge is 0.505 e. The molecule has 4 rings (SSSR count). The van der Waals surface area contributed by atoms with Crippen molar-refractivity contribution in [2.45, 2.75) is 37.1 Å². The fraction of sp³-hybridized carbons (Fsp3) is 0.304. The van der Waals surface area contributed by atoms with E-state index in [4.69, 9.17) is 11.6 Å². The SMILES string of the molecule is C1CCC1.CN(C)Sc1c(Cl)ccc(Nc2c(NCc3ccccc3)c(=O)c2=O)c1O. The molecule has 0 unspecified atom stereocenters. The average Bonchev–Trinajstić information content (AvgIpc) is 2.71. The number of phenols is 1. The van der Waals surface area contributed by atoms with Crippen LogP contribution in [-0.4, -0.2) is 23.5 Å². The van der Waals surface area contributed by atoms with Crippen LogP contribution in [-0.2, 0) is 6.54 Å². The molecule has 31 heavy (non-hydrogen) atoms. The zero-order chi connectivity index (χ0) is 22.4. The molecular formula is C23H26ClN3O3S. The first-order valence-corrected chi connectivity index (χ1v) is 11.3. The Morgan fingerprint density at radius 3 is 2.16 bits per heavy atom. The summed E-state index contributed by atoms with van der Waals surface area (Å²) >= 11 is 7.40. The van der Waals surface area contributed by atoms with Crippen LogP contribution < -0.4 is 21.5 Å². The number of halogens is 1. The summed E-state index contributed by atoms with van der Waals surface area (Å²) in [5.41, 5.74) is 0.426. The van der Waals surface area contributed by atoms with Crippen LogP contribution in [0.5, 0.6) is 5.75 Å². The fourth-order valence-corrected chi connectivity index (χ4v) is 3.74. The van der Waals surface area contributed by atoms with E-state index < -0.39 is 10.9 Å². The molecule has 0 aliphatic heterocycles. The summed E-state index contributed by atoms with van der Waals surface area (Å²) in [6.07, 6.45) is 6.00. The van der Waals surface area contributed by atoms with Crippen molar-refractivity contribution in [1.82, 2.24) is 4.31 Å². The van der Waals surface area contributed by atoms with E-state index in [0.717, 1.165) is 5.56 Å². The maximum atomic E-state index is 12.0. The maximum Gasteiger partial charge on any atom is 0.253 e. The molecule has 1 aliphatic carbocycles. The van der Waals surface area contributed by atoms with Gasteiger partial charge in [-0.05, 0) is 43.7 Å². The van der Waals surface area contributed by atoms with Crippen LogP contribution in [0.1, 0.15) is 31.2 Å². The third kappa shape index (κ3) is 5.81. The minimum absolute atomic E-state index is 0.0803. The van der Waals surface area contributed by atoms with Crippen molar-refractivity contribution in [1.29, 1.82) is 0 Å². The van der Waals surface area contributed by atoms with Crippen molar-refractivity contribution in [2.75, 3.05) is 24.7 Å². The molecule has 0 bridgehead atoms. The van der Waals surface area contributed by atoms with Crippen LogP contribution in [0.4, 0.5) is 17.1 Å². The molecule has 3 N–H and O–H groups in total. The number of aromatic hydroxyl groups is 1. The molecule has 164 valence electrons. The van der Waals surface area contributed by atoms with Gasteiger partial charge in [0.2, 0.25) is 0 Å². The van der Waals surface area contributed by atoms with E-state index in [9.17, 15) is 14.7 Å². The zero-order valence-corrected chi connectivity index (χ0v) is 19.1. The molecule has 0 atom stereocenters.